The van der Waals surface area contributed by atoms with Gasteiger partial charge in [-0.25, -0.2) is 4.79 Å². The Morgan fingerprint density at radius 1 is 1.32 bits per heavy atom. The monoisotopic (exact) mass is 351 g/mol. The van der Waals surface area contributed by atoms with Crippen molar-refractivity contribution in [3.05, 3.63) is 35.9 Å². The van der Waals surface area contributed by atoms with Crippen molar-refractivity contribution in [3.63, 3.8) is 0 Å². The van der Waals surface area contributed by atoms with Gasteiger partial charge in [0.05, 0.1) is 19.8 Å². The molecule has 0 aliphatic carbocycles. The average molecular weight is 351 g/mol. The van der Waals surface area contributed by atoms with Crippen molar-refractivity contribution in [3.8, 4) is 0 Å². The normalized spacial score (nSPS) is 32.0. The Hall–Kier alpha value is -1.51. The molecule has 1 N–H and O–H groups in total. The molecular formula is C18H25NO6. The molecule has 1 aromatic rings. The highest BCUT2D eigenvalue weighted by Crippen LogP contribution is 2.37. The number of carbonyl (C=O) groups is 1. The number of hydroxylamine groups is 2. The number of aliphatic hydroxyl groups is 1. The molecule has 2 fully saturated rings. The van der Waals surface area contributed by atoms with Crippen LogP contribution in [0.1, 0.15) is 25.8 Å². The Labute approximate surface area is 147 Å². The van der Waals surface area contributed by atoms with Crippen molar-refractivity contribution in [1.82, 2.24) is 5.06 Å². The van der Waals surface area contributed by atoms with E-state index in [1.165, 1.54) is 7.11 Å². The smallest absolute Gasteiger partial charge is 0.337 e. The molecule has 7 nitrogen and oxygen atoms in total. The fourth-order valence-electron chi connectivity index (χ4n) is 3.44. The van der Waals surface area contributed by atoms with E-state index < -0.39 is 30.1 Å². The Balaban J connectivity index is 1.81. The highest BCUT2D eigenvalue weighted by Gasteiger charge is 2.51. The molecule has 2 aliphatic heterocycles. The van der Waals surface area contributed by atoms with E-state index in [9.17, 15) is 9.90 Å². The van der Waals surface area contributed by atoms with Crippen molar-refractivity contribution in [2.24, 2.45) is 0 Å². The van der Waals surface area contributed by atoms with Crippen molar-refractivity contribution in [1.29, 1.82) is 0 Å². The first-order valence-corrected chi connectivity index (χ1v) is 8.45. The van der Waals surface area contributed by atoms with Crippen molar-refractivity contribution >= 4 is 5.97 Å². The summed E-state index contributed by atoms with van der Waals surface area (Å²) >= 11 is 0. The van der Waals surface area contributed by atoms with Crippen LogP contribution in [0.15, 0.2) is 30.3 Å². The van der Waals surface area contributed by atoms with Gasteiger partial charge < -0.3 is 19.3 Å². The molecular weight excluding hydrogens is 326 g/mol. The minimum atomic E-state index is -0.792. The number of ether oxygens (including phenoxy) is 3. The van der Waals surface area contributed by atoms with Gasteiger partial charge in [-0.1, -0.05) is 30.3 Å². The zero-order valence-electron chi connectivity index (χ0n) is 14.8. The summed E-state index contributed by atoms with van der Waals surface area (Å²) in [6, 6.07) is 9.60. The fourth-order valence-corrected chi connectivity index (χ4v) is 3.44. The van der Waals surface area contributed by atoms with E-state index in [2.05, 4.69) is 0 Å². The fraction of sp³-hybridized carbons (Fsp3) is 0.611. The van der Waals surface area contributed by atoms with Gasteiger partial charge in [-0.3, -0.25) is 4.84 Å². The molecule has 25 heavy (non-hydrogen) atoms. The maximum absolute atomic E-state index is 12.0. The van der Waals surface area contributed by atoms with Crippen LogP contribution in [0.3, 0.4) is 0 Å². The summed E-state index contributed by atoms with van der Waals surface area (Å²) in [4.78, 5) is 17.8. The number of hydrogen-bond donors (Lipinski definition) is 1. The Morgan fingerprint density at radius 3 is 2.68 bits per heavy atom. The van der Waals surface area contributed by atoms with Crippen LogP contribution in [0.2, 0.25) is 0 Å². The number of nitrogens with zero attached hydrogens (tertiary/aromatic N) is 1. The summed E-state index contributed by atoms with van der Waals surface area (Å²) < 4.78 is 16.6. The molecule has 7 heteroatoms. The van der Waals surface area contributed by atoms with Crippen LogP contribution in [0.5, 0.6) is 0 Å². The minimum Gasteiger partial charge on any atom is -0.467 e. The van der Waals surface area contributed by atoms with E-state index in [0.717, 1.165) is 5.56 Å². The molecule has 0 radical (unpaired) electrons. The summed E-state index contributed by atoms with van der Waals surface area (Å²) in [5.74, 6) is -1.21. The topological polar surface area (TPSA) is 77.5 Å². The van der Waals surface area contributed by atoms with E-state index in [-0.39, 0.29) is 12.6 Å². The number of benzene rings is 1. The highest BCUT2D eigenvalue weighted by molar-refractivity contribution is 5.74. The van der Waals surface area contributed by atoms with Crippen LogP contribution >= 0.6 is 0 Å². The minimum absolute atomic E-state index is 0.160. The second-order valence-corrected chi connectivity index (χ2v) is 6.80. The first-order valence-electron chi connectivity index (χ1n) is 8.45. The third kappa shape index (κ3) is 4.02. The summed E-state index contributed by atoms with van der Waals surface area (Å²) in [6.45, 7) is 3.96. The van der Waals surface area contributed by atoms with E-state index in [4.69, 9.17) is 19.0 Å². The molecule has 0 amide bonds. The second kappa shape index (κ2) is 7.39. The molecule has 0 bridgehead atoms. The maximum atomic E-state index is 12.0. The summed E-state index contributed by atoms with van der Waals surface area (Å²) in [6.07, 6.45) is -1.15. The molecule has 0 spiro atoms. The number of hydrogen-bond acceptors (Lipinski definition) is 7. The van der Waals surface area contributed by atoms with Crippen LogP contribution in [0, 0.1) is 0 Å². The van der Waals surface area contributed by atoms with Crippen LogP contribution in [-0.4, -0.2) is 60.0 Å². The first kappa shape index (κ1) is 18.3. The van der Waals surface area contributed by atoms with Gasteiger partial charge in [-0.05, 0) is 19.4 Å². The third-order valence-electron chi connectivity index (χ3n) is 4.51. The summed E-state index contributed by atoms with van der Waals surface area (Å²) in [5, 5.41) is 11.4. The van der Waals surface area contributed by atoms with Gasteiger partial charge in [0.15, 0.2) is 11.9 Å². The standard InChI is InChI=1S/C18H25NO6/c1-18(2)23-15(11-20)16(24-18)13-9-14(17(21)22-3)25-19(13)10-12-7-5-4-6-8-12/h4-8,13-16,20H,9-11H2,1-3H3/t13-,14+,15+,16-/m1/s1. The molecule has 4 atom stereocenters. The molecule has 1 aromatic carbocycles. The van der Waals surface area contributed by atoms with Gasteiger partial charge in [0.25, 0.3) is 0 Å². The Morgan fingerprint density at radius 2 is 2.04 bits per heavy atom. The SMILES string of the molecule is COC(=O)[C@@H]1C[C@H]([C@H]2OC(C)(C)O[C@H]2CO)N(Cc2ccccc2)O1. The maximum Gasteiger partial charge on any atom is 0.337 e. The summed E-state index contributed by atoms with van der Waals surface area (Å²) in [5.41, 5.74) is 1.05. The number of methoxy groups -OCH3 is 1. The average Bonchev–Trinajstić information content (AvgIpc) is 3.15. The van der Waals surface area contributed by atoms with Crippen LogP contribution in [0.4, 0.5) is 0 Å². The van der Waals surface area contributed by atoms with Crippen molar-refractivity contribution in [2.45, 2.75) is 57.0 Å². The van der Waals surface area contributed by atoms with E-state index in [0.29, 0.717) is 13.0 Å². The molecule has 2 saturated heterocycles. The van der Waals surface area contributed by atoms with E-state index >= 15 is 0 Å². The van der Waals surface area contributed by atoms with Crippen molar-refractivity contribution in [2.75, 3.05) is 13.7 Å². The van der Waals surface area contributed by atoms with Gasteiger partial charge >= 0.3 is 5.97 Å². The largest absolute Gasteiger partial charge is 0.467 e. The molecule has 0 saturated carbocycles. The lowest BCUT2D eigenvalue weighted by Crippen LogP contribution is -2.44. The second-order valence-electron chi connectivity index (χ2n) is 6.80. The molecule has 3 rings (SSSR count). The summed E-state index contributed by atoms with van der Waals surface area (Å²) in [7, 11) is 1.34. The number of carbonyl (C=O) groups excluding carboxylic acids is 1. The van der Waals surface area contributed by atoms with Gasteiger partial charge in [-0.2, -0.15) is 5.06 Å². The third-order valence-corrected chi connectivity index (χ3v) is 4.51. The predicted octanol–water partition coefficient (Wildman–Crippen LogP) is 1.25. The first-order chi connectivity index (χ1) is 11.9. The Bertz CT molecular complexity index is 592. The van der Waals surface area contributed by atoms with Crippen LogP contribution in [-0.2, 0) is 30.4 Å². The number of aliphatic hydroxyl groups excluding tert-OH is 1. The van der Waals surface area contributed by atoms with Gasteiger partial charge in [0.1, 0.15) is 12.2 Å². The van der Waals surface area contributed by atoms with Gasteiger partial charge in [0.2, 0.25) is 0 Å². The lowest BCUT2D eigenvalue weighted by atomic mass is 10.00. The quantitative estimate of drug-likeness (QED) is 0.800. The molecule has 0 unspecified atom stereocenters. The molecule has 2 aliphatic rings. The van der Waals surface area contributed by atoms with Gasteiger partial charge in [0, 0.05) is 13.0 Å². The van der Waals surface area contributed by atoms with Crippen LogP contribution in [0.25, 0.3) is 0 Å². The number of esters is 1. The van der Waals surface area contributed by atoms with E-state index in [1.807, 2.05) is 44.2 Å². The molecule has 138 valence electrons. The molecule has 0 aromatic heterocycles. The van der Waals surface area contributed by atoms with Crippen molar-refractivity contribution < 1.29 is 28.9 Å². The van der Waals surface area contributed by atoms with E-state index in [1.54, 1.807) is 5.06 Å². The number of rotatable bonds is 5. The zero-order valence-corrected chi connectivity index (χ0v) is 14.8. The Kier molecular flexibility index (Phi) is 5.41. The predicted molar refractivity (Wildman–Crippen MR) is 88.2 cm³/mol. The van der Waals surface area contributed by atoms with Crippen LogP contribution < -0.4 is 0 Å². The lowest BCUT2D eigenvalue weighted by molar-refractivity contribution is -0.205. The molecule has 2 heterocycles. The van der Waals surface area contributed by atoms with Gasteiger partial charge in [-0.15, -0.1) is 0 Å². The highest BCUT2D eigenvalue weighted by atomic mass is 16.8. The lowest BCUT2D eigenvalue weighted by Gasteiger charge is -2.28. The zero-order chi connectivity index (χ0) is 18.0.